The molecule has 2 aromatic carbocycles. The van der Waals surface area contributed by atoms with Gasteiger partial charge in [-0.05, 0) is 35.7 Å². The van der Waals surface area contributed by atoms with Gasteiger partial charge in [-0.1, -0.05) is 30.3 Å². The van der Waals surface area contributed by atoms with Gasteiger partial charge in [0.2, 0.25) is 17.7 Å². The number of carbonyl (C=O) groups excluding carboxylic acids is 3. The number of carbonyl (C=O) groups is 4. The van der Waals surface area contributed by atoms with Crippen LogP contribution in [-0.2, 0) is 32.0 Å². The molecule has 0 aliphatic heterocycles. The topological polar surface area (TPSA) is 207 Å². The number of hydrogen-bond donors (Lipinski definition) is 8. The Hall–Kier alpha value is -4.42. The summed E-state index contributed by atoms with van der Waals surface area (Å²) in [5.41, 5.74) is 8.10. The Labute approximate surface area is 211 Å². The molecule has 0 saturated carbocycles. The van der Waals surface area contributed by atoms with E-state index < -0.39 is 55.0 Å². The zero-order chi connectivity index (χ0) is 26.9. The number of nitrogens with one attached hydrogen (secondary N) is 4. The van der Waals surface area contributed by atoms with Gasteiger partial charge in [0.1, 0.15) is 17.8 Å². The summed E-state index contributed by atoms with van der Waals surface area (Å²) in [4.78, 5) is 51.9. The summed E-state index contributed by atoms with van der Waals surface area (Å²) in [6, 6.07) is 9.79. The van der Waals surface area contributed by atoms with E-state index in [1.54, 1.807) is 18.3 Å². The highest BCUT2D eigenvalue weighted by Gasteiger charge is 2.25. The van der Waals surface area contributed by atoms with E-state index in [1.807, 2.05) is 24.3 Å². The number of rotatable bonds is 12. The number of nitrogens with two attached hydrogens (primary N) is 1. The number of H-pyrrole nitrogens is 1. The average molecular weight is 512 g/mol. The fraction of sp³-hybridized carbons (Fsp3) is 0.280. The van der Waals surface area contributed by atoms with Gasteiger partial charge in [0.25, 0.3) is 0 Å². The predicted octanol–water partition coefficient (Wildman–Crippen LogP) is -0.851. The standard InChI is InChI=1S/C25H29N5O7/c26-18(9-14-5-7-16(32)8-6-14)23(34)30-21(13-31)24(35)28-12-22(33)29-20(25(36)37)10-15-11-27-19-4-2-1-3-17(15)19/h1-8,11,18,20-21,27,31-32H,9-10,12-13,26H2,(H,28,35)(H,29,33)(H,30,34)(H,36,37). The predicted molar refractivity (Wildman–Crippen MR) is 133 cm³/mol. The molecule has 1 aromatic heterocycles. The number of carboxylic acid groups (broad SMARTS) is 1. The van der Waals surface area contributed by atoms with Crippen molar-refractivity contribution in [3.63, 3.8) is 0 Å². The molecular formula is C25H29N5O7. The van der Waals surface area contributed by atoms with E-state index in [-0.39, 0.29) is 18.6 Å². The number of fused-ring (bicyclic) bond motifs is 1. The zero-order valence-electron chi connectivity index (χ0n) is 19.8. The van der Waals surface area contributed by atoms with Crippen molar-refractivity contribution < 1.29 is 34.5 Å². The maximum absolute atomic E-state index is 12.4. The Kier molecular flexibility index (Phi) is 9.19. The largest absolute Gasteiger partial charge is 0.508 e. The maximum Gasteiger partial charge on any atom is 0.326 e. The highest BCUT2D eigenvalue weighted by atomic mass is 16.4. The van der Waals surface area contributed by atoms with Crippen molar-refractivity contribution in [2.75, 3.05) is 13.2 Å². The van der Waals surface area contributed by atoms with Gasteiger partial charge in [0.15, 0.2) is 0 Å². The van der Waals surface area contributed by atoms with Crippen molar-refractivity contribution in [2.24, 2.45) is 5.73 Å². The van der Waals surface area contributed by atoms with Crippen LogP contribution in [0.1, 0.15) is 11.1 Å². The van der Waals surface area contributed by atoms with Crippen molar-refractivity contribution >= 4 is 34.6 Å². The number of benzene rings is 2. The smallest absolute Gasteiger partial charge is 0.326 e. The van der Waals surface area contributed by atoms with Crippen LogP contribution in [0, 0.1) is 0 Å². The Morgan fingerprint density at radius 2 is 1.62 bits per heavy atom. The van der Waals surface area contributed by atoms with Crippen LogP contribution in [-0.4, -0.2) is 75.3 Å². The van der Waals surface area contributed by atoms with Gasteiger partial charge in [-0.2, -0.15) is 0 Å². The van der Waals surface area contributed by atoms with E-state index in [0.29, 0.717) is 11.1 Å². The van der Waals surface area contributed by atoms with Crippen LogP contribution in [0.15, 0.2) is 54.7 Å². The number of para-hydroxylation sites is 1. The van der Waals surface area contributed by atoms with Crippen molar-refractivity contribution in [3.8, 4) is 5.75 Å². The van der Waals surface area contributed by atoms with E-state index in [2.05, 4.69) is 20.9 Å². The van der Waals surface area contributed by atoms with Gasteiger partial charge in [-0.3, -0.25) is 14.4 Å². The van der Waals surface area contributed by atoms with E-state index in [1.165, 1.54) is 12.1 Å². The van der Waals surface area contributed by atoms with Gasteiger partial charge in [-0.25, -0.2) is 4.79 Å². The molecule has 0 bridgehead atoms. The number of aromatic amines is 1. The molecule has 3 rings (SSSR count). The molecule has 3 amide bonds. The molecule has 0 aliphatic rings. The lowest BCUT2D eigenvalue weighted by atomic mass is 10.0. The summed E-state index contributed by atoms with van der Waals surface area (Å²) < 4.78 is 0. The number of aliphatic carboxylic acids is 1. The first-order valence-electron chi connectivity index (χ1n) is 11.5. The van der Waals surface area contributed by atoms with E-state index in [4.69, 9.17) is 5.73 Å². The van der Waals surface area contributed by atoms with Crippen LogP contribution >= 0.6 is 0 Å². The molecule has 3 unspecified atom stereocenters. The lowest BCUT2D eigenvalue weighted by Crippen LogP contribution is -2.55. The number of aromatic hydroxyl groups is 1. The van der Waals surface area contributed by atoms with Gasteiger partial charge in [-0.15, -0.1) is 0 Å². The van der Waals surface area contributed by atoms with E-state index >= 15 is 0 Å². The minimum absolute atomic E-state index is 0.0211. The minimum Gasteiger partial charge on any atom is -0.508 e. The SMILES string of the molecule is NC(Cc1ccc(O)cc1)C(=O)NC(CO)C(=O)NCC(=O)NC(Cc1c[nH]c2ccccc12)C(=O)O. The second kappa shape index (κ2) is 12.5. The first kappa shape index (κ1) is 27.2. The van der Waals surface area contributed by atoms with Crippen LogP contribution < -0.4 is 21.7 Å². The monoisotopic (exact) mass is 511 g/mol. The summed E-state index contributed by atoms with van der Waals surface area (Å²) >= 11 is 0. The Bertz CT molecular complexity index is 1260. The van der Waals surface area contributed by atoms with Gasteiger partial charge in [0.05, 0.1) is 19.2 Å². The number of aromatic nitrogens is 1. The number of amides is 3. The summed E-state index contributed by atoms with van der Waals surface area (Å²) in [7, 11) is 0. The molecular weight excluding hydrogens is 482 g/mol. The second-order valence-corrected chi connectivity index (χ2v) is 8.46. The molecule has 0 aliphatic carbocycles. The minimum atomic E-state index is -1.37. The van der Waals surface area contributed by atoms with Crippen LogP contribution in [0.25, 0.3) is 10.9 Å². The Morgan fingerprint density at radius 1 is 0.919 bits per heavy atom. The molecule has 3 aromatic rings. The number of hydrogen-bond acceptors (Lipinski definition) is 7. The van der Waals surface area contributed by atoms with Crippen LogP contribution in [0.4, 0.5) is 0 Å². The molecule has 0 radical (unpaired) electrons. The van der Waals surface area contributed by atoms with Crippen LogP contribution in [0.5, 0.6) is 5.75 Å². The van der Waals surface area contributed by atoms with Crippen molar-refractivity contribution in [1.29, 1.82) is 0 Å². The van der Waals surface area contributed by atoms with Crippen LogP contribution in [0.2, 0.25) is 0 Å². The fourth-order valence-electron chi connectivity index (χ4n) is 3.71. The van der Waals surface area contributed by atoms with Crippen molar-refractivity contribution in [2.45, 2.75) is 31.0 Å². The quantitative estimate of drug-likeness (QED) is 0.153. The lowest BCUT2D eigenvalue weighted by molar-refractivity contribution is -0.141. The number of carboxylic acids is 1. The third-order valence-corrected chi connectivity index (χ3v) is 5.70. The number of phenols is 1. The summed E-state index contributed by atoms with van der Waals surface area (Å²) in [6.45, 7) is -1.31. The van der Waals surface area contributed by atoms with Crippen LogP contribution in [0.3, 0.4) is 0 Å². The Morgan fingerprint density at radius 3 is 2.30 bits per heavy atom. The molecule has 3 atom stereocenters. The van der Waals surface area contributed by atoms with E-state index in [9.17, 15) is 34.5 Å². The molecule has 0 fully saturated rings. The van der Waals surface area contributed by atoms with Crippen molar-refractivity contribution in [1.82, 2.24) is 20.9 Å². The highest BCUT2D eigenvalue weighted by Crippen LogP contribution is 2.19. The van der Waals surface area contributed by atoms with Gasteiger partial charge in [0, 0.05) is 23.5 Å². The highest BCUT2D eigenvalue weighted by molar-refractivity contribution is 5.93. The fourth-order valence-corrected chi connectivity index (χ4v) is 3.71. The normalized spacial score (nSPS) is 13.4. The molecule has 196 valence electrons. The van der Waals surface area contributed by atoms with Gasteiger partial charge < -0.3 is 42.0 Å². The third kappa shape index (κ3) is 7.53. The summed E-state index contributed by atoms with van der Waals surface area (Å²) in [5.74, 6) is -3.47. The van der Waals surface area contributed by atoms with Crippen molar-refractivity contribution in [3.05, 3.63) is 65.9 Å². The molecule has 0 spiro atoms. The Balaban J connectivity index is 1.50. The summed E-state index contributed by atoms with van der Waals surface area (Å²) in [5, 5.41) is 36.2. The summed E-state index contributed by atoms with van der Waals surface area (Å²) in [6.07, 6.45) is 1.82. The van der Waals surface area contributed by atoms with Gasteiger partial charge >= 0.3 is 5.97 Å². The molecule has 0 saturated heterocycles. The molecule has 9 N–H and O–H groups in total. The molecule has 12 nitrogen and oxygen atoms in total. The number of phenolic OH excluding ortho intramolecular Hbond substituents is 1. The van der Waals surface area contributed by atoms with E-state index in [0.717, 1.165) is 10.9 Å². The maximum atomic E-state index is 12.4. The third-order valence-electron chi connectivity index (χ3n) is 5.70. The molecule has 12 heteroatoms. The second-order valence-electron chi connectivity index (χ2n) is 8.46. The molecule has 37 heavy (non-hydrogen) atoms. The average Bonchev–Trinajstić information content (AvgIpc) is 3.29. The zero-order valence-corrected chi connectivity index (χ0v) is 19.8. The number of aliphatic hydroxyl groups excluding tert-OH is 1. The lowest BCUT2D eigenvalue weighted by Gasteiger charge is -2.19. The number of aliphatic hydroxyl groups is 1. The molecule has 1 heterocycles. The first-order chi connectivity index (χ1) is 17.7. The first-order valence-corrected chi connectivity index (χ1v) is 11.5.